The van der Waals surface area contributed by atoms with Gasteiger partial charge in [0, 0.05) is 13.4 Å². The Labute approximate surface area is 132 Å². The van der Waals surface area contributed by atoms with Crippen molar-refractivity contribution in [2.75, 3.05) is 7.05 Å². The predicted molar refractivity (Wildman–Crippen MR) is 86.9 cm³/mol. The maximum Gasteiger partial charge on any atom is 0.0575 e. The van der Waals surface area contributed by atoms with Crippen molar-refractivity contribution in [3.05, 3.63) is 67.0 Å². The molecule has 0 saturated heterocycles. The molecular weight excluding hydrogens is 422 g/mol. The van der Waals surface area contributed by atoms with Crippen LogP contribution in [0, 0.1) is 0 Å². The molecule has 2 aromatic carbocycles. The van der Waals surface area contributed by atoms with Gasteiger partial charge in [-0.05, 0) is 48.5 Å². The Bertz CT molecular complexity index is 517. The summed E-state index contributed by atoms with van der Waals surface area (Å²) in [7, 11) is 1.97. The highest BCUT2D eigenvalue weighted by molar-refractivity contribution is 9.11. The summed E-state index contributed by atoms with van der Waals surface area (Å²) in [5.74, 6) is 0. The molecule has 2 rings (SSSR count). The minimum Gasteiger partial charge on any atom is -0.309 e. The second-order valence-electron chi connectivity index (χ2n) is 3.98. The Kier molecular flexibility index (Phi) is 5.01. The zero-order chi connectivity index (χ0) is 13.1. The van der Waals surface area contributed by atoms with Crippen LogP contribution in [0.15, 0.2) is 55.9 Å². The number of rotatable bonds is 3. The third-order valence-corrected chi connectivity index (χ3v) is 4.15. The molecule has 0 aliphatic rings. The summed E-state index contributed by atoms with van der Waals surface area (Å²) >= 11 is 10.5. The molecule has 0 heterocycles. The van der Waals surface area contributed by atoms with Crippen molar-refractivity contribution in [3.8, 4) is 0 Å². The molecule has 0 aliphatic carbocycles. The number of hydrogen-bond acceptors (Lipinski definition) is 1. The van der Waals surface area contributed by atoms with Gasteiger partial charge in [0.1, 0.15) is 0 Å². The average molecular weight is 434 g/mol. The molecule has 0 aromatic heterocycles. The lowest BCUT2D eigenvalue weighted by molar-refractivity contribution is 0.691. The molecule has 1 nitrogen and oxygen atoms in total. The monoisotopic (exact) mass is 431 g/mol. The molecule has 0 bridgehead atoms. The van der Waals surface area contributed by atoms with E-state index >= 15 is 0 Å². The molecule has 18 heavy (non-hydrogen) atoms. The second kappa shape index (κ2) is 6.33. The number of hydrogen-bond donors (Lipinski definition) is 1. The zero-order valence-electron chi connectivity index (χ0n) is 9.75. The first-order chi connectivity index (χ1) is 8.60. The molecule has 1 unspecified atom stereocenters. The smallest absolute Gasteiger partial charge is 0.0575 e. The third kappa shape index (κ3) is 3.44. The fraction of sp³-hybridized carbons (Fsp3) is 0.143. The Morgan fingerprint density at radius 3 is 1.83 bits per heavy atom. The van der Waals surface area contributed by atoms with E-state index in [1.165, 1.54) is 11.1 Å². The summed E-state index contributed by atoms with van der Waals surface area (Å²) in [6.07, 6.45) is 0. The highest BCUT2D eigenvalue weighted by Gasteiger charge is 2.12. The van der Waals surface area contributed by atoms with Crippen molar-refractivity contribution in [1.29, 1.82) is 0 Å². The van der Waals surface area contributed by atoms with Crippen LogP contribution in [0.3, 0.4) is 0 Å². The molecular formula is C14H12Br3N. The van der Waals surface area contributed by atoms with Crippen molar-refractivity contribution >= 4 is 47.8 Å². The highest BCUT2D eigenvalue weighted by Crippen LogP contribution is 2.28. The molecule has 1 N–H and O–H groups in total. The predicted octanol–water partition coefficient (Wildman–Crippen LogP) is 5.28. The van der Waals surface area contributed by atoms with Crippen LogP contribution in [0.1, 0.15) is 17.2 Å². The molecule has 94 valence electrons. The third-order valence-electron chi connectivity index (χ3n) is 2.71. The van der Waals surface area contributed by atoms with Gasteiger partial charge in [-0.15, -0.1) is 0 Å². The molecule has 0 spiro atoms. The zero-order valence-corrected chi connectivity index (χ0v) is 14.5. The van der Waals surface area contributed by atoms with E-state index in [9.17, 15) is 0 Å². The molecule has 4 heteroatoms. The van der Waals surface area contributed by atoms with Gasteiger partial charge in [-0.2, -0.15) is 0 Å². The van der Waals surface area contributed by atoms with E-state index in [4.69, 9.17) is 0 Å². The summed E-state index contributed by atoms with van der Waals surface area (Å²) in [6.45, 7) is 0. The first-order valence-electron chi connectivity index (χ1n) is 5.49. The molecule has 0 fully saturated rings. The molecule has 0 radical (unpaired) electrons. The van der Waals surface area contributed by atoms with Crippen LogP contribution in [0.2, 0.25) is 0 Å². The number of nitrogens with one attached hydrogen (secondary N) is 1. The topological polar surface area (TPSA) is 12.0 Å². The van der Waals surface area contributed by atoms with Crippen molar-refractivity contribution in [2.45, 2.75) is 6.04 Å². The Hall–Kier alpha value is -0.160. The van der Waals surface area contributed by atoms with Gasteiger partial charge in [0.15, 0.2) is 0 Å². The van der Waals surface area contributed by atoms with E-state index in [0.29, 0.717) is 0 Å². The normalized spacial score (nSPS) is 12.4. The van der Waals surface area contributed by atoms with Crippen LogP contribution >= 0.6 is 47.8 Å². The fourth-order valence-electron chi connectivity index (χ4n) is 1.92. The van der Waals surface area contributed by atoms with Crippen LogP contribution in [0.5, 0.6) is 0 Å². The Morgan fingerprint density at radius 1 is 0.778 bits per heavy atom. The summed E-state index contributed by atoms with van der Waals surface area (Å²) < 4.78 is 3.24. The van der Waals surface area contributed by atoms with Crippen LogP contribution in [0.25, 0.3) is 0 Å². The first-order valence-corrected chi connectivity index (χ1v) is 7.87. The van der Waals surface area contributed by atoms with E-state index in [1.54, 1.807) is 0 Å². The minimum atomic E-state index is 0.187. The Morgan fingerprint density at radius 2 is 1.33 bits per heavy atom. The van der Waals surface area contributed by atoms with Gasteiger partial charge in [-0.1, -0.05) is 59.9 Å². The van der Waals surface area contributed by atoms with E-state index in [0.717, 1.165) is 13.4 Å². The van der Waals surface area contributed by atoms with Gasteiger partial charge in [0.05, 0.1) is 6.04 Å². The van der Waals surface area contributed by atoms with Crippen LogP contribution in [0.4, 0.5) is 0 Å². The fourth-order valence-corrected chi connectivity index (χ4v) is 3.52. The van der Waals surface area contributed by atoms with Gasteiger partial charge in [-0.25, -0.2) is 0 Å². The summed E-state index contributed by atoms with van der Waals surface area (Å²) in [4.78, 5) is 0. The van der Waals surface area contributed by atoms with Gasteiger partial charge in [-0.3, -0.25) is 0 Å². The maximum atomic E-state index is 3.53. The quantitative estimate of drug-likeness (QED) is 0.694. The molecule has 0 aliphatic heterocycles. The highest BCUT2D eigenvalue weighted by atomic mass is 79.9. The summed E-state index contributed by atoms with van der Waals surface area (Å²) in [6, 6.07) is 14.9. The molecule has 0 amide bonds. The van der Waals surface area contributed by atoms with E-state index in [2.05, 4.69) is 89.5 Å². The molecule has 0 saturated carbocycles. The maximum absolute atomic E-state index is 3.53. The largest absolute Gasteiger partial charge is 0.309 e. The number of halogens is 3. The number of benzene rings is 2. The van der Waals surface area contributed by atoms with Crippen LogP contribution in [-0.4, -0.2) is 7.05 Å². The average Bonchev–Trinajstić information content (AvgIpc) is 2.31. The second-order valence-corrected chi connectivity index (χ2v) is 6.72. The standard InChI is InChI=1S/C14H12Br3N/c1-18-14(9-2-4-11(15)5-3-9)10-6-12(16)8-13(17)7-10/h2-8,14,18H,1H3. The van der Waals surface area contributed by atoms with Gasteiger partial charge < -0.3 is 5.32 Å². The van der Waals surface area contributed by atoms with Crippen LogP contribution in [-0.2, 0) is 0 Å². The minimum absolute atomic E-state index is 0.187. The van der Waals surface area contributed by atoms with Crippen molar-refractivity contribution in [1.82, 2.24) is 5.32 Å². The van der Waals surface area contributed by atoms with Gasteiger partial charge >= 0.3 is 0 Å². The molecule has 1 atom stereocenters. The van der Waals surface area contributed by atoms with Crippen molar-refractivity contribution < 1.29 is 0 Å². The molecule has 2 aromatic rings. The van der Waals surface area contributed by atoms with Crippen molar-refractivity contribution in [2.24, 2.45) is 0 Å². The van der Waals surface area contributed by atoms with E-state index in [1.807, 2.05) is 13.1 Å². The van der Waals surface area contributed by atoms with Gasteiger partial charge in [0.25, 0.3) is 0 Å². The lowest BCUT2D eigenvalue weighted by Gasteiger charge is -2.18. The van der Waals surface area contributed by atoms with Crippen LogP contribution < -0.4 is 5.32 Å². The van der Waals surface area contributed by atoms with E-state index < -0.39 is 0 Å². The lowest BCUT2D eigenvalue weighted by Crippen LogP contribution is -2.17. The first kappa shape index (κ1) is 14.3. The summed E-state index contributed by atoms with van der Waals surface area (Å²) in [5, 5.41) is 3.35. The van der Waals surface area contributed by atoms with Crippen molar-refractivity contribution in [3.63, 3.8) is 0 Å². The van der Waals surface area contributed by atoms with Gasteiger partial charge in [0.2, 0.25) is 0 Å². The lowest BCUT2D eigenvalue weighted by atomic mass is 9.99. The SMILES string of the molecule is CNC(c1ccc(Br)cc1)c1cc(Br)cc(Br)c1. The Balaban J connectivity index is 2.41. The van der Waals surface area contributed by atoms with E-state index in [-0.39, 0.29) is 6.04 Å². The summed E-state index contributed by atoms with van der Waals surface area (Å²) in [5.41, 5.74) is 2.46.